The van der Waals surface area contributed by atoms with Crippen molar-refractivity contribution in [1.82, 2.24) is 5.32 Å². The zero-order valence-electron chi connectivity index (χ0n) is 19.2. The minimum atomic E-state index is -3.87. The summed E-state index contributed by atoms with van der Waals surface area (Å²) in [4.78, 5) is 2.24. The highest BCUT2D eigenvalue weighted by molar-refractivity contribution is 7.92. The molecule has 1 heterocycles. The van der Waals surface area contributed by atoms with Crippen LogP contribution in [0.2, 0.25) is 0 Å². The summed E-state index contributed by atoms with van der Waals surface area (Å²) in [7, 11) is -2.28. The summed E-state index contributed by atoms with van der Waals surface area (Å²) in [5.41, 5.74) is 2.26. The quantitative estimate of drug-likeness (QED) is 0.531. The van der Waals surface area contributed by atoms with Gasteiger partial charge in [-0.15, -0.1) is 0 Å². The average molecular weight is 488 g/mol. The standard InChI is InChI=1S/C25H27F2N3O3S/c1-16-14-30(15-17(2)28-16)24-13-20(7-11-25(24)33-3)29-34(31,32)21-8-4-18(5-9-21)19-6-10-22(26)23(27)12-19/h4-13,16-17,28-29H,14-15H2,1-3H3/t16-,17+. The van der Waals surface area contributed by atoms with Crippen LogP contribution in [0, 0.1) is 11.6 Å². The third-order valence-electron chi connectivity index (χ3n) is 5.75. The average Bonchev–Trinajstić information content (AvgIpc) is 2.80. The molecule has 3 aromatic carbocycles. The SMILES string of the molecule is COc1ccc(NS(=O)(=O)c2ccc(-c3ccc(F)c(F)c3)cc2)cc1N1C[C@@H](C)N[C@@H](C)C1. The zero-order chi connectivity index (χ0) is 24.5. The minimum Gasteiger partial charge on any atom is -0.495 e. The van der Waals surface area contributed by atoms with Crippen molar-refractivity contribution in [2.24, 2.45) is 0 Å². The molecular formula is C25H27F2N3O3S. The van der Waals surface area contributed by atoms with Gasteiger partial charge >= 0.3 is 0 Å². The molecule has 0 aromatic heterocycles. The Labute approximate surface area is 198 Å². The molecule has 6 nitrogen and oxygen atoms in total. The van der Waals surface area contributed by atoms with Gasteiger partial charge in [0, 0.05) is 25.2 Å². The Hall–Kier alpha value is -3.17. The topological polar surface area (TPSA) is 70.7 Å². The van der Waals surface area contributed by atoms with E-state index < -0.39 is 21.7 Å². The first kappa shape index (κ1) is 24.0. The van der Waals surface area contributed by atoms with E-state index in [2.05, 4.69) is 28.8 Å². The number of ether oxygens (including phenoxy) is 1. The van der Waals surface area contributed by atoms with E-state index in [1.54, 1.807) is 37.4 Å². The van der Waals surface area contributed by atoms with Crippen LogP contribution in [0.15, 0.2) is 65.6 Å². The molecule has 1 saturated heterocycles. The maximum atomic E-state index is 13.5. The lowest BCUT2D eigenvalue weighted by molar-refractivity contribution is 0.391. The van der Waals surface area contributed by atoms with E-state index in [1.807, 2.05) is 0 Å². The number of hydrogen-bond acceptors (Lipinski definition) is 5. The number of hydrogen-bond donors (Lipinski definition) is 2. The van der Waals surface area contributed by atoms with Crippen LogP contribution in [-0.4, -0.2) is 40.7 Å². The predicted molar refractivity (Wildman–Crippen MR) is 130 cm³/mol. The summed E-state index contributed by atoms with van der Waals surface area (Å²) >= 11 is 0. The van der Waals surface area contributed by atoms with Crippen molar-refractivity contribution in [3.05, 3.63) is 72.3 Å². The van der Waals surface area contributed by atoms with Crippen molar-refractivity contribution in [2.75, 3.05) is 29.8 Å². The molecule has 1 fully saturated rings. The van der Waals surface area contributed by atoms with E-state index in [0.717, 1.165) is 30.9 Å². The molecule has 34 heavy (non-hydrogen) atoms. The van der Waals surface area contributed by atoms with Gasteiger partial charge in [0.1, 0.15) is 5.75 Å². The van der Waals surface area contributed by atoms with Crippen molar-refractivity contribution < 1.29 is 21.9 Å². The zero-order valence-corrected chi connectivity index (χ0v) is 20.0. The summed E-state index contributed by atoms with van der Waals surface area (Å²) in [5.74, 6) is -1.23. The molecule has 0 radical (unpaired) electrons. The maximum Gasteiger partial charge on any atom is 0.261 e. The van der Waals surface area contributed by atoms with E-state index in [1.165, 1.54) is 18.2 Å². The Morgan fingerprint density at radius 1 is 0.912 bits per heavy atom. The van der Waals surface area contributed by atoms with Gasteiger partial charge in [0.2, 0.25) is 0 Å². The highest BCUT2D eigenvalue weighted by atomic mass is 32.2. The Bertz CT molecular complexity index is 1270. The van der Waals surface area contributed by atoms with Gasteiger partial charge in [0.25, 0.3) is 10.0 Å². The first-order valence-corrected chi connectivity index (χ1v) is 12.4. The van der Waals surface area contributed by atoms with Crippen molar-refractivity contribution in [2.45, 2.75) is 30.8 Å². The lowest BCUT2D eigenvalue weighted by Gasteiger charge is -2.38. The number of sulfonamides is 1. The van der Waals surface area contributed by atoms with E-state index in [0.29, 0.717) is 22.6 Å². The van der Waals surface area contributed by atoms with Gasteiger partial charge < -0.3 is 15.0 Å². The van der Waals surface area contributed by atoms with Crippen LogP contribution in [0.5, 0.6) is 5.75 Å². The third-order valence-corrected chi connectivity index (χ3v) is 7.14. The summed E-state index contributed by atoms with van der Waals surface area (Å²) in [5, 5.41) is 3.48. The van der Waals surface area contributed by atoms with E-state index in [9.17, 15) is 17.2 Å². The molecule has 2 atom stereocenters. The molecule has 2 N–H and O–H groups in total. The Morgan fingerprint density at radius 3 is 2.18 bits per heavy atom. The molecule has 1 aliphatic rings. The van der Waals surface area contributed by atoms with Crippen LogP contribution in [0.3, 0.4) is 0 Å². The van der Waals surface area contributed by atoms with E-state index >= 15 is 0 Å². The molecule has 3 aromatic rings. The molecule has 9 heteroatoms. The smallest absolute Gasteiger partial charge is 0.261 e. The van der Waals surface area contributed by atoms with Crippen molar-refractivity contribution in [3.63, 3.8) is 0 Å². The Balaban J connectivity index is 1.57. The van der Waals surface area contributed by atoms with E-state index in [4.69, 9.17) is 4.74 Å². The molecule has 0 spiro atoms. The van der Waals surface area contributed by atoms with Crippen LogP contribution >= 0.6 is 0 Å². The van der Waals surface area contributed by atoms with Crippen LogP contribution in [-0.2, 0) is 10.0 Å². The van der Waals surface area contributed by atoms with Crippen molar-refractivity contribution >= 4 is 21.4 Å². The summed E-state index contributed by atoms with van der Waals surface area (Å²) in [6.07, 6.45) is 0. The van der Waals surface area contributed by atoms with Crippen molar-refractivity contribution in [1.29, 1.82) is 0 Å². The highest BCUT2D eigenvalue weighted by Crippen LogP contribution is 2.33. The molecule has 0 amide bonds. The molecule has 0 bridgehead atoms. The number of anilines is 2. The largest absolute Gasteiger partial charge is 0.495 e. The van der Waals surface area contributed by atoms with Gasteiger partial charge in [0.05, 0.1) is 23.4 Å². The Kier molecular flexibility index (Phi) is 6.77. The number of methoxy groups -OCH3 is 1. The second-order valence-electron chi connectivity index (χ2n) is 8.52. The van der Waals surface area contributed by atoms with Gasteiger partial charge in [-0.2, -0.15) is 0 Å². The molecule has 180 valence electrons. The van der Waals surface area contributed by atoms with E-state index in [-0.39, 0.29) is 17.0 Å². The summed E-state index contributed by atoms with van der Waals surface area (Å²) in [6.45, 7) is 5.74. The number of rotatable bonds is 6. The molecule has 0 unspecified atom stereocenters. The third kappa shape index (κ3) is 5.15. The number of halogens is 2. The molecule has 0 aliphatic carbocycles. The second kappa shape index (κ2) is 9.60. The normalized spacial score (nSPS) is 18.6. The number of benzene rings is 3. The van der Waals surface area contributed by atoms with Gasteiger partial charge in [-0.05, 0) is 67.4 Å². The van der Waals surface area contributed by atoms with Crippen molar-refractivity contribution in [3.8, 4) is 16.9 Å². The molecular weight excluding hydrogens is 460 g/mol. The maximum absolute atomic E-state index is 13.5. The summed E-state index contributed by atoms with van der Waals surface area (Å²) in [6, 6.07) is 15.3. The lowest BCUT2D eigenvalue weighted by Crippen LogP contribution is -2.54. The fraction of sp³-hybridized carbons (Fsp3) is 0.280. The number of nitrogens with one attached hydrogen (secondary N) is 2. The van der Waals surface area contributed by atoms with Crippen LogP contribution < -0.4 is 19.7 Å². The fourth-order valence-electron chi connectivity index (χ4n) is 4.24. The second-order valence-corrected chi connectivity index (χ2v) is 10.2. The lowest BCUT2D eigenvalue weighted by atomic mass is 10.1. The predicted octanol–water partition coefficient (Wildman–Crippen LogP) is 4.63. The summed E-state index contributed by atoms with van der Waals surface area (Å²) < 4.78 is 60.9. The van der Waals surface area contributed by atoms with Gasteiger partial charge in [-0.3, -0.25) is 4.72 Å². The number of nitrogens with zero attached hydrogens (tertiary/aromatic N) is 1. The molecule has 0 saturated carbocycles. The van der Waals surface area contributed by atoms with Crippen LogP contribution in [0.25, 0.3) is 11.1 Å². The molecule has 1 aliphatic heterocycles. The fourth-order valence-corrected chi connectivity index (χ4v) is 5.29. The first-order chi connectivity index (χ1) is 16.2. The highest BCUT2D eigenvalue weighted by Gasteiger charge is 2.24. The van der Waals surface area contributed by atoms with Gasteiger partial charge in [-0.25, -0.2) is 17.2 Å². The molecule has 4 rings (SSSR count). The van der Waals surface area contributed by atoms with Crippen LogP contribution in [0.4, 0.5) is 20.2 Å². The monoisotopic (exact) mass is 487 g/mol. The van der Waals surface area contributed by atoms with Gasteiger partial charge in [0.15, 0.2) is 11.6 Å². The Morgan fingerprint density at radius 2 is 1.56 bits per heavy atom. The minimum absolute atomic E-state index is 0.0561. The number of piperazine rings is 1. The first-order valence-electron chi connectivity index (χ1n) is 10.9. The van der Waals surface area contributed by atoms with Gasteiger partial charge in [-0.1, -0.05) is 18.2 Å². The van der Waals surface area contributed by atoms with Crippen LogP contribution in [0.1, 0.15) is 13.8 Å².